The van der Waals surface area contributed by atoms with Gasteiger partial charge in [0.1, 0.15) is 33.6 Å². The fourth-order valence-corrected chi connectivity index (χ4v) is 18.9. The molecule has 14 aromatic carbocycles. The predicted octanol–water partition coefficient (Wildman–Crippen LogP) is 25.3. The number of ether oxygens (including phenoxy) is 2. The molecule has 6 heterocycles. The number of nitrogens with zero attached hydrogens (tertiary/aromatic N) is 10. The van der Waals surface area contributed by atoms with E-state index in [0.29, 0.717) is 21.7 Å². The number of rotatable bonds is 21. The van der Waals surface area contributed by atoms with E-state index in [-0.39, 0.29) is 5.82 Å². The molecule has 1 aliphatic heterocycles. The lowest BCUT2D eigenvalue weighted by molar-refractivity contribution is -0.0188. The van der Waals surface area contributed by atoms with Crippen LogP contribution >= 0.6 is 46.4 Å². The van der Waals surface area contributed by atoms with Crippen LogP contribution in [0, 0.1) is 5.82 Å². The number of pyridine rings is 1. The second kappa shape index (κ2) is 40.8. The fraction of sp³-hybridized carbons (Fsp3) is 0.0982. The summed E-state index contributed by atoms with van der Waals surface area (Å²) in [4.78, 5) is 24.3. The van der Waals surface area contributed by atoms with Gasteiger partial charge in [-0.25, -0.2) is 24.3 Å². The van der Waals surface area contributed by atoms with Crippen molar-refractivity contribution >= 4 is 46.4 Å². The topological polar surface area (TPSA) is 106 Å². The first-order valence-electron chi connectivity index (χ1n) is 42.7. The standard InChI is InChI=1S/C25H24Cl3NO2.C22H17ClN2.C22H15FN2.C22H18N2.C21H17N3/c26-22-7-1-19(2-8-22)25(20-3-9-23(27)10-4-20,21-5-11-24(28)12-6-21)31-18-15-29-13-16-30-17-14-29;23-21-14-8-7-13-20(21)22(25-16-15-24-17-25,18-9-3-1-4-10-18)19-11-5-2-6-12-19;23-17-10-11-19-18-8-4-5-9-20(18)22(21(19)14-17,25-13-12-24-15-25)16-6-2-1-3-7-16;1-4-10-19(11-5-1)22(24-17-16-23-18-24,20-12-6-2-7-13-20)21-14-8-3-9-15-21;1-3-9-18(10-4-1)21(24-16-15-22-17-24,19-11-5-2-6-12-19)20-13-7-8-14-23-20/h1-12H,13-18H2;1-17H;1-15H;1-18H;1-17H. The Kier molecular flexibility index (Phi) is 27.5. The van der Waals surface area contributed by atoms with Gasteiger partial charge in [-0.2, -0.15) is 0 Å². The van der Waals surface area contributed by atoms with Crippen molar-refractivity contribution in [3.05, 3.63) is 591 Å². The molecule has 1 saturated heterocycles. The molecule has 0 amide bonds. The van der Waals surface area contributed by atoms with E-state index in [9.17, 15) is 4.39 Å². The number of hydrogen-bond acceptors (Lipinski definition) is 8. The number of fused-ring (bicyclic) bond motifs is 3. The van der Waals surface area contributed by atoms with Crippen LogP contribution in [0.25, 0.3) is 11.1 Å². The van der Waals surface area contributed by atoms with E-state index in [1.165, 1.54) is 22.8 Å². The van der Waals surface area contributed by atoms with E-state index in [0.717, 1.165) is 116 Å². The zero-order valence-electron chi connectivity index (χ0n) is 70.5. The molecular weight excluding hydrogens is 1680 g/mol. The average Bonchev–Trinajstić information content (AvgIpc) is 1.51. The Hall–Kier alpha value is -14.0. The van der Waals surface area contributed by atoms with Crippen LogP contribution < -0.4 is 0 Å². The molecule has 129 heavy (non-hydrogen) atoms. The Balaban J connectivity index is 0.000000114. The van der Waals surface area contributed by atoms with Crippen LogP contribution in [0.5, 0.6) is 0 Å². The van der Waals surface area contributed by atoms with Crippen molar-refractivity contribution in [1.29, 1.82) is 0 Å². The van der Waals surface area contributed by atoms with E-state index < -0.39 is 27.8 Å². The van der Waals surface area contributed by atoms with Crippen molar-refractivity contribution in [1.82, 2.24) is 48.1 Å². The Morgan fingerprint density at radius 2 is 0.705 bits per heavy atom. The molecule has 0 radical (unpaired) electrons. The molecule has 21 rings (SSSR count). The van der Waals surface area contributed by atoms with Crippen molar-refractivity contribution < 1.29 is 13.9 Å². The van der Waals surface area contributed by atoms with Gasteiger partial charge in [-0.05, 0) is 150 Å². The third-order valence-electron chi connectivity index (χ3n) is 24.0. The number of morpholine rings is 1. The van der Waals surface area contributed by atoms with Gasteiger partial charge in [-0.15, -0.1) is 0 Å². The first kappa shape index (κ1) is 87.1. The summed E-state index contributed by atoms with van der Waals surface area (Å²) >= 11 is 25.3. The Bertz CT molecular complexity index is 6150. The summed E-state index contributed by atoms with van der Waals surface area (Å²) in [6.45, 7) is 4.72. The molecule has 0 N–H and O–H groups in total. The van der Waals surface area contributed by atoms with E-state index in [2.05, 4.69) is 268 Å². The summed E-state index contributed by atoms with van der Waals surface area (Å²) < 4.78 is 35.0. The molecule has 1 atom stereocenters. The van der Waals surface area contributed by atoms with Gasteiger partial charge in [0.15, 0.2) is 0 Å². The molecule has 2 aliphatic rings. The lowest BCUT2D eigenvalue weighted by Crippen LogP contribution is -2.40. The predicted molar refractivity (Wildman–Crippen MR) is 517 cm³/mol. The smallest absolute Gasteiger partial charge is 0.143 e. The van der Waals surface area contributed by atoms with Crippen LogP contribution in [0.3, 0.4) is 0 Å². The molecule has 5 aromatic heterocycles. The number of benzene rings is 14. The van der Waals surface area contributed by atoms with E-state index in [1.54, 1.807) is 18.5 Å². The van der Waals surface area contributed by atoms with Crippen molar-refractivity contribution in [2.45, 2.75) is 27.8 Å². The fourth-order valence-electron chi connectivity index (χ4n) is 18.3. The summed E-state index contributed by atoms with van der Waals surface area (Å²) in [6.07, 6.45) is 24.4. The molecule has 17 heteroatoms. The average molecular weight is 1770 g/mol. The minimum atomic E-state index is -0.827. The van der Waals surface area contributed by atoms with Gasteiger partial charge in [-0.3, -0.25) is 9.88 Å². The van der Waals surface area contributed by atoms with E-state index in [1.807, 2.05) is 232 Å². The maximum Gasteiger partial charge on any atom is 0.143 e. The first-order valence-corrected chi connectivity index (χ1v) is 44.2. The largest absolute Gasteiger partial charge is 0.379 e. The summed E-state index contributed by atoms with van der Waals surface area (Å²) in [5.41, 5.74) is 15.5. The van der Waals surface area contributed by atoms with Crippen LogP contribution in [0.15, 0.2) is 481 Å². The molecule has 1 fully saturated rings. The summed E-state index contributed by atoms with van der Waals surface area (Å²) in [7, 11) is 0. The van der Waals surface area contributed by atoms with Crippen LogP contribution in [0.1, 0.15) is 83.6 Å². The summed E-state index contributed by atoms with van der Waals surface area (Å²) in [5.74, 6) is -0.230. The highest BCUT2D eigenvalue weighted by molar-refractivity contribution is 6.32. The normalized spacial score (nSPS) is 13.6. The van der Waals surface area contributed by atoms with Gasteiger partial charge in [0, 0.05) is 101 Å². The highest BCUT2D eigenvalue weighted by Crippen LogP contribution is 2.54. The second-order valence-electron chi connectivity index (χ2n) is 31.1. The number of imidazole rings is 4. The van der Waals surface area contributed by atoms with Gasteiger partial charge < -0.3 is 27.7 Å². The quantitative estimate of drug-likeness (QED) is 0.0655. The van der Waals surface area contributed by atoms with Gasteiger partial charge >= 0.3 is 0 Å². The summed E-state index contributed by atoms with van der Waals surface area (Å²) in [6, 6.07) is 135. The zero-order valence-corrected chi connectivity index (χ0v) is 73.6. The first-order chi connectivity index (χ1) is 63.6. The molecule has 0 spiro atoms. The third kappa shape index (κ3) is 17.7. The van der Waals surface area contributed by atoms with Crippen LogP contribution in [0.4, 0.5) is 4.39 Å². The number of hydrogen-bond donors (Lipinski definition) is 0. The van der Waals surface area contributed by atoms with Crippen LogP contribution in [0.2, 0.25) is 20.1 Å². The maximum atomic E-state index is 14.3. The molecule has 0 saturated carbocycles. The van der Waals surface area contributed by atoms with Crippen LogP contribution in [-0.2, 0) is 37.2 Å². The number of halogens is 5. The van der Waals surface area contributed by atoms with E-state index >= 15 is 0 Å². The lowest BCUT2D eigenvalue weighted by atomic mass is 9.76. The Morgan fingerprint density at radius 1 is 0.333 bits per heavy atom. The second-order valence-corrected chi connectivity index (χ2v) is 32.8. The third-order valence-corrected chi connectivity index (χ3v) is 25.0. The van der Waals surface area contributed by atoms with Crippen molar-refractivity contribution in [2.75, 3.05) is 39.5 Å². The van der Waals surface area contributed by atoms with Crippen molar-refractivity contribution in [3.63, 3.8) is 0 Å². The van der Waals surface area contributed by atoms with Crippen LogP contribution in [-0.4, -0.2) is 87.5 Å². The zero-order chi connectivity index (χ0) is 88.1. The van der Waals surface area contributed by atoms with E-state index in [4.69, 9.17) is 60.9 Å². The minimum Gasteiger partial charge on any atom is -0.379 e. The SMILES string of the molecule is Clc1ccc(C(OCCN2CCOCC2)(c2ccc(Cl)cc2)c2ccc(Cl)cc2)cc1.Clc1ccccc1C(c1ccccc1)(c1ccccc1)n1ccnc1.Fc1ccc2c(c1)C(c1ccccc1)(n1ccnc1)c1ccccc1-2.c1ccc(C(c2ccccc2)(c2ccccc2)n2ccnc2)cc1.c1ccc(C(c2ccccc2)(c2ccccn2)n2ccnc2)cc1. The Morgan fingerprint density at radius 3 is 1.12 bits per heavy atom. The lowest BCUT2D eigenvalue weighted by Gasteiger charge is -2.37. The molecule has 12 nitrogen and oxygen atoms in total. The molecule has 1 unspecified atom stereocenters. The molecule has 0 bridgehead atoms. The molecule has 19 aromatic rings. The summed E-state index contributed by atoms with van der Waals surface area (Å²) in [5, 5.41) is 2.76. The van der Waals surface area contributed by atoms with Gasteiger partial charge in [-0.1, -0.05) is 380 Å². The highest BCUT2D eigenvalue weighted by Gasteiger charge is 2.48. The van der Waals surface area contributed by atoms with Gasteiger partial charge in [0.25, 0.3) is 0 Å². The minimum absolute atomic E-state index is 0.230. The van der Waals surface area contributed by atoms with Crippen molar-refractivity contribution in [2.24, 2.45) is 0 Å². The maximum absolute atomic E-state index is 14.3. The van der Waals surface area contributed by atoms with Gasteiger partial charge in [0.05, 0.1) is 50.8 Å². The molecule has 636 valence electrons. The monoisotopic (exact) mass is 1770 g/mol. The highest BCUT2D eigenvalue weighted by atomic mass is 35.5. The van der Waals surface area contributed by atoms with Gasteiger partial charge in [0.2, 0.25) is 0 Å². The van der Waals surface area contributed by atoms with Crippen molar-refractivity contribution in [3.8, 4) is 11.1 Å². The Labute approximate surface area is 772 Å². The molecule has 1 aliphatic carbocycles. The number of aromatic nitrogens is 9. The molecular formula is C112H91Cl4FN10O2.